The van der Waals surface area contributed by atoms with Crippen LogP contribution in [0.3, 0.4) is 0 Å². The molecule has 0 radical (unpaired) electrons. The summed E-state index contributed by atoms with van der Waals surface area (Å²) in [5.41, 5.74) is -0.347. The number of amides is 1. The van der Waals surface area contributed by atoms with E-state index in [0.717, 1.165) is 45.4 Å². The lowest BCUT2D eigenvalue weighted by atomic mass is 9.99. The molecular weight excluding hydrogens is 316 g/mol. The summed E-state index contributed by atoms with van der Waals surface area (Å²) >= 11 is 0. The van der Waals surface area contributed by atoms with Crippen molar-refractivity contribution in [3.05, 3.63) is 0 Å². The summed E-state index contributed by atoms with van der Waals surface area (Å²) in [5.74, 6) is 2.86. The summed E-state index contributed by atoms with van der Waals surface area (Å²) < 4.78 is 5.83. The van der Waals surface area contributed by atoms with E-state index in [2.05, 4.69) is 34.9 Å². The zero-order valence-electron chi connectivity index (χ0n) is 15.5. The van der Waals surface area contributed by atoms with Gasteiger partial charge in [-0.25, -0.2) is 0 Å². The number of hydrogen-bond acceptors (Lipinski definition) is 5. The number of likely N-dealkylation sites (tertiary alicyclic amines) is 1. The van der Waals surface area contributed by atoms with Gasteiger partial charge in [0.15, 0.2) is 5.66 Å². The SMILES string of the molecule is C#CCCC1(CCC(=O)N2CCC(N3C[C@@H](C)O[C@@H](C)C3)CC2)N=N1. The molecule has 0 spiro atoms. The molecule has 0 N–H and O–H groups in total. The third-order valence-electron chi connectivity index (χ3n) is 5.57. The lowest BCUT2D eigenvalue weighted by Crippen LogP contribution is -2.53. The Morgan fingerprint density at radius 3 is 2.40 bits per heavy atom. The molecule has 0 aromatic rings. The van der Waals surface area contributed by atoms with E-state index >= 15 is 0 Å². The fraction of sp³-hybridized carbons (Fsp3) is 0.842. The molecule has 3 aliphatic rings. The molecule has 25 heavy (non-hydrogen) atoms. The molecule has 0 saturated carbocycles. The zero-order chi connectivity index (χ0) is 17.9. The molecule has 6 nitrogen and oxygen atoms in total. The number of piperidine rings is 1. The topological polar surface area (TPSA) is 57.5 Å². The van der Waals surface area contributed by atoms with E-state index in [1.165, 1.54) is 0 Å². The fourth-order valence-corrected chi connectivity index (χ4v) is 4.13. The minimum Gasteiger partial charge on any atom is -0.373 e. The second-order valence-electron chi connectivity index (χ2n) is 7.71. The summed E-state index contributed by atoms with van der Waals surface area (Å²) in [6, 6.07) is 0.577. The number of terminal acetylenes is 1. The van der Waals surface area contributed by atoms with Crippen molar-refractivity contribution in [3.63, 3.8) is 0 Å². The zero-order valence-corrected chi connectivity index (χ0v) is 15.5. The maximum absolute atomic E-state index is 12.5. The first-order valence-corrected chi connectivity index (χ1v) is 9.56. The summed E-state index contributed by atoms with van der Waals surface area (Å²) in [7, 11) is 0. The number of carbonyl (C=O) groups is 1. The van der Waals surface area contributed by atoms with Gasteiger partial charge in [-0.1, -0.05) is 0 Å². The average molecular weight is 346 g/mol. The van der Waals surface area contributed by atoms with Crippen LogP contribution in [0, 0.1) is 12.3 Å². The van der Waals surface area contributed by atoms with Gasteiger partial charge in [0.2, 0.25) is 5.91 Å². The molecule has 3 heterocycles. The molecule has 2 atom stereocenters. The Bertz CT molecular complexity index is 532. The molecule has 3 rings (SSSR count). The van der Waals surface area contributed by atoms with Crippen molar-refractivity contribution in [1.82, 2.24) is 9.80 Å². The normalized spacial score (nSPS) is 29.4. The minimum atomic E-state index is -0.347. The van der Waals surface area contributed by atoms with Gasteiger partial charge in [0, 0.05) is 57.9 Å². The monoisotopic (exact) mass is 346 g/mol. The Labute approximate surface area is 151 Å². The summed E-state index contributed by atoms with van der Waals surface area (Å²) in [6.45, 7) is 8.01. The first-order chi connectivity index (χ1) is 12.0. The van der Waals surface area contributed by atoms with Gasteiger partial charge in [-0.3, -0.25) is 9.69 Å². The van der Waals surface area contributed by atoms with Gasteiger partial charge in [0.25, 0.3) is 0 Å². The van der Waals surface area contributed by atoms with Gasteiger partial charge in [0.05, 0.1) is 12.2 Å². The van der Waals surface area contributed by atoms with Crippen LogP contribution in [0.1, 0.15) is 52.4 Å². The predicted octanol–water partition coefficient (Wildman–Crippen LogP) is 2.44. The van der Waals surface area contributed by atoms with Crippen molar-refractivity contribution in [2.75, 3.05) is 26.2 Å². The number of carbonyl (C=O) groups excluding carboxylic acids is 1. The second kappa shape index (κ2) is 7.84. The first kappa shape index (κ1) is 18.3. The maximum atomic E-state index is 12.5. The number of nitrogens with zero attached hydrogens (tertiary/aromatic N) is 4. The van der Waals surface area contributed by atoms with Gasteiger partial charge in [-0.15, -0.1) is 12.3 Å². The molecule has 138 valence electrons. The van der Waals surface area contributed by atoms with Crippen molar-refractivity contribution >= 4 is 5.91 Å². The molecule has 0 aromatic carbocycles. The largest absolute Gasteiger partial charge is 0.373 e. The van der Waals surface area contributed by atoms with Crippen LogP contribution in [0.15, 0.2) is 10.2 Å². The number of ether oxygens (including phenoxy) is 1. The molecule has 3 aliphatic heterocycles. The van der Waals surface area contributed by atoms with Crippen LogP contribution < -0.4 is 0 Å². The van der Waals surface area contributed by atoms with E-state index < -0.39 is 0 Å². The molecule has 6 heteroatoms. The van der Waals surface area contributed by atoms with Crippen LogP contribution in [-0.4, -0.2) is 65.8 Å². The van der Waals surface area contributed by atoms with E-state index in [9.17, 15) is 4.79 Å². The maximum Gasteiger partial charge on any atom is 0.222 e. The lowest BCUT2D eigenvalue weighted by molar-refractivity contribution is -0.134. The fourth-order valence-electron chi connectivity index (χ4n) is 4.13. The molecule has 0 aromatic heterocycles. The van der Waals surface area contributed by atoms with E-state index in [0.29, 0.717) is 37.5 Å². The van der Waals surface area contributed by atoms with Crippen molar-refractivity contribution in [3.8, 4) is 12.3 Å². The third kappa shape index (κ3) is 4.80. The highest BCUT2D eigenvalue weighted by molar-refractivity contribution is 5.76. The Morgan fingerprint density at radius 2 is 1.84 bits per heavy atom. The molecule has 2 saturated heterocycles. The Balaban J connectivity index is 1.40. The number of rotatable bonds is 6. The lowest BCUT2D eigenvalue weighted by Gasteiger charge is -2.43. The first-order valence-electron chi connectivity index (χ1n) is 9.56. The molecule has 0 bridgehead atoms. The van der Waals surface area contributed by atoms with Gasteiger partial charge in [-0.2, -0.15) is 10.2 Å². The quantitative estimate of drug-likeness (QED) is 0.694. The molecule has 0 aliphatic carbocycles. The van der Waals surface area contributed by atoms with Gasteiger partial charge in [-0.05, 0) is 26.7 Å². The number of hydrogen-bond donors (Lipinski definition) is 0. The van der Waals surface area contributed by atoms with Crippen molar-refractivity contribution in [1.29, 1.82) is 0 Å². The van der Waals surface area contributed by atoms with Crippen LogP contribution >= 0.6 is 0 Å². The van der Waals surface area contributed by atoms with Crippen LogP contribution in [0.2, 0.25) is 0 Å². The smallest absolute Gasteiger partial charge is 0.222 e. The molecular formula is C19H30N4O2. The molecule has 0 unspecified atom stereocenters. The van der Waals surface area contributed by atoms with Crippen LogP contribution in [0.4, 0.5) is 0 Å². The van der Waals surface area contributed by atoms with Crippen LogP contribution in [-0.2, 0) is 9.53 Å². The Morgan fingerprint density at radius 1 is 1.20 bits per heavy atom. The van der Waals surface area contributed by atoms with Gasteiger partial charge >= 0.3 is 0 Å². The van der Waals surface area contributed by atoms with Crippen LogP contribution in [0.25, 0.3) is 0 Å². The second-order valence-corrected chi connectivity index (χ2v) is 7.71. The van der Waals surface area contributed by atoms with Crippen LogP contribution in [0.5, 0.6) is 0 Å². The molecule has 1 amide bonds. The summed E-state index contributed by atoms with van der Waals surface area (Å²) in [6.07, 6.45) is 10.7. The Kier molecular flexibility index (Phi) is 5.75. The van der Waals surface area contributed by atoms with Crippen molar-refractivity contribution in [2.24, 2.45) is 10.2 Å². The van der Waals surface area contributed by atoms with Crippen molar-refractivity contribution in [2.45, 2.75) is 76.3 Å². The standard InChI is InChI=1S/C19H30N4O2/c1-4-5-9-19(20-21-19)10-6-18(24)22-11-7-17(8-12-22)23-13-15(2)25-16(3)14-23/h1,15-17H,5-14H2,2-3H3/t15-,16+. The van der Waals surface area contributed by atoms with E-state index in [-0.39, 0.29) is 11.6 Å². The highest BCUT2D eigenvalue weighted by Gasteiger charge is 2.40. The highest BCUT2D eigenvalue weighted by atomic mass is 16.5. The van der Waals surface area contributed by atoms with E-state index in [4.69, 9.17) is 11.2 Å². The van der Waals surface area contributed by atoms with Crippen molar-refractivity contribution < 1.29 is 9.53 Å². The molecule has 2 fully saturated rings. The Hall–Kier alpha value is -1.45. The summed E-state index contributed by atoms with van der Waals surface area (Å²) in [5, 5.41) is 8.23. The number of morpholine rings is 1. The van der Waals surface area contributed by atoms with E-state index in [1.807, 2.05) is 4.90 Å². The predicted molar refractivity (Wildman–Crippen MR) is 96.1 cm³/mol. The summed E-state index contributed by atoms with van der Waals surface area (Å²) in [4.78, 5) is 17.1. The van der Waals surface area contributed by atoms with Gasteiger partial charge < -0.3 is 9.64 Å². The average Bonchev–Trinajstić information content (AvgIpc) is 3.37. The minimum absolute atomic E-state index is 0.236. The third-order valence-corrected chi connectivity index (χ3v) is 5.57. The highest BCUT2D eigenvalue weighted by Crippen LogP contribution is 2.37. The van der Waals surface area contributed by atoms with Gasteiger partial charge in [0.1, 0.15) is 0 Å². The van der Waals surface area contributed by atoms with E-state index in [1.54, 1.807) is 0 Å².